The van der Waals surface area contributed by atoms with Crippen LogP contribution in [0.2, 0.25) is 0 Å². The van der Waals surface area contributed by atoms with Crippen LogP contribution in [0.1, 0.15) is 0 Å². The molecule has 0 heterocycles. The maximum absolute atomic E-state index is 8.36. The third-order valence-corrected chi connectivity index (χ3v) is 0. The van der Waals surface area contributed by atoms with E-state index in [1.807, 2.05) is 0 Å². The Kier molecular flexibility index (Phi) is 77.9. The minimum absolute atomic E-state index is 0.194. The molecule has 0 aliphatic rings. The van der Waals surface area contributed by atoms with Gasteiger partial charge in [0.25, 0.3) is 0 Å². The van der Waals surface area contributed by atoms with Crippen LogP contribution in [-0.4, -0.2) is 41.2 Å². The van der Waals surface area contributed by atoms with Crippen molar-refractivity contribution >= 4 is 41.2 Å². The summed E-state index contributed by atoms with van der Waals surface area (Å²) in [5, 5.41) is 0. The van der Waals surface area contributed by atoms with E-state index in [9.17, 15) is 0 Å². The van der Waals surface area contributed by atoms with Gasteiger partial charge in [-0.15, -0.1) is 0 Å². The van der Waals surface area contributed by atoms with Gasteiger partial charge in [0.05, 0.1) is 0 Å². The zero-order valence-corrected chi connectivity index (χ0v) is 7.34. The maximum atomic E-state index is 8.36. The normalized spacial score (nSPS) is 2.00. The van der Waals surface area contributed by atoms with Crippen LogP contribution in [0.3, 0.4) is 0 Å². The summed E-state index contributed by atoms with van der Waals surface area (Å²) in [5.41, 5.74) is 0. The Labute approximate surface area is 47.7 Å². The van der Waals surface area contributed by atoms with Gasteiger partial charge in [0.1, 0.15) is 0 Å². The van der Waals surface area contributed by atoms with Gasteiger partial charge < -0.3 is 0 Å². The van der Waals surface area contributed by atoms with E-state index in [0.29, 0.717) is 0 Å². The Morgan fingerprint density at radius 1 is 1.25 bits per heavy atom. The number of hydrogen-bond acceptors (Lipinski definition) is 2. The van der Waals surface area contributed by atoms with Crippen molar-refractivity contribution in [3.8, 4) is 0 Å². The van der Waals surface area contributed by atoms with Crippen LogP contribution in [0.5, 0.6) is 0 Å². The van der Waals surface area contributed by atoms with Gasteiger partial charge >= 0.3 is 47.8 Å². The number of rotatable bonds is 0. The summed E-state index contributed by atoms with van der Waals surface area (Å²) in [4.78, 5) is 0. The fraction of sp³-hybridized carbons (Fsp3) is 0. The minimum atomic E-state index is 0.194. The van der Waals surface area contributed by atoms with E-state index in [2.05, 4.69) is 0 Å². The SMILES string of the molecule is [O]=[Bi].[O]=[Ge]. The molecule has 0 saturated carbocycles. The van der Waals surface area contributed by atoms with Gasteiger partial charge in [-0.25, -0.2) is 0 Å². The van der Waals surface area contributed by atoms with E-state index in [1.165, 1.54) is 0 Å². The van der Waals surface area contributed by atoms with Crippen LogP contribution in [0.15, 0.2) is 0 Å². The third-order valence-electron chi connectivity index (χ3n) is 0. The summed E-state index contributed by atoms with van der Waals surface area (Å²) < 4.78 is 16.6. The Hall–Kier alpha value is 1.03. The molecule has 0 aromatic rings. The molecule has 3 radical (unpaired) electrons. The predicted octanol–water partition coefficient (Wildman–Crippen LogP) is -0.999. The summed E-state index contributed by atoms with van der Waals surface area (Å²) in [6, 6.07) is 0. The van der Waals surface area contributed by atoms with Crippen molar-refractivity contribution in [3.05, 3.63) is 0 Å². The van der Waals surface area contributed by atoms with E-state index >= 15 is 0 Å². The van der Waals surface area contributed by atoms with Gasteiger partial charge in [0, 0.05) is 0 Å². The molecule has 4 heteroatoms. The second-order valence-corrected chi connectivity index (χ2v) is 0. The van der Waals surface area contributed by atoms with Crippen molar-refractivity contribution in [2.24, 2.45) is 0 Å². The first-order valence-electron chi connectivity index (χ1n) is 0.387. The topological polar surface area (TPSA) is 34.1 Å². The van der Waals surface area contributed by atoms with Gasteiger partial charge in [-0.2, -0.15) is 0 Å². The Morgan fingerprint density at radius 2 is 1.25 bits per heavy atom. The van der Waals surface area contributed by atoms with Crippen LogP contribution < -0.4 is 0 Å². The van der Waals surface area contributed by atoms with Crippen molar-refractivity contribution < 1.29 is 6.59 Å². The van der Waals surface area contributed by atoms with E-state index in [0.717, 1.165) is 16.5 Å². The molecule has 0 bridgehead atoms. The molecule has 0 unspecified atom stereocenters. The molecule has 0 spiro atoms. The molecule has 0 atom stereocenters. The molecule has 0 aromatic carbocycles. The van der Waals surface area contributed by atoms with E-state index in [-0.39, 0.29) is 24.7 Å². The van der Waals surface area contributed by atoms with Gasteiger partial charge in [-0.05, 0) is 0 Å². The molecule has 0 amide bonds. The molecule has 0 saturated heterocycles. The van der Waals surface area contributed by atoms with Crippen LogP contribution in [0.25, 0.3) is 0 Å². The fourth-order valence-electron chi connectivity index (χ4n) is 0. The average Bonchev–Trinajstić information content (AvgIpc) is 1.50. The van der Waals surface area contributed by atoms with Crippen LogP contribution in [0.4, 0.5) is 0 Å². The molecule has 0 aliphatic heterocycles. The molecule has 0 aliphatic carbocycles. The Balaban J connectivity index is 0. The van der Waals surface area contributed by atoms with Crippen LogP contribution in [0, 0.1) is 0 Å². The van der Waals surface area contributed by atoms with Crippen LogP contribution in [-0.2, 0) is 6.59 Å². The Bertz CT molecular complexity index is 8.00. The molecule has 0 rings (SSSR count). The van der Waals surface area contributed by atoms with Gasteiger partial charge in [-0.1, -0.05) is 0 Å². The quantitative estimate of drug-likeness (QED) is 0.538. The predicted molar refractivity (Wildman–Crippen MR) is 12.9 cm³/mol. The van der Waals surface area contributed by atoms with Crippen molar-refractivity contribution in [3.63, 3.8) is 0 Å². The monoisotopic (exact) mass is 315 g/mol. The third kappa shape index (κ3) is 11.8. The van der Waals surface area contributed by atoms with Crippen molar-refractivity contribution in [1.82, 2.24) is 0 Å². The van der Waals surface area contributed by atoms with Crippen molar-refractivity contribution in [2.45, 2.75) is 0 Å². The van der Waals surface area contributed by atoms with E-state index in [1.54, 1.807) is 0 Å². The molecule has 2 nitrogen and oxygen atoms in total. The zero-order valence-electron chi connectivity index (χ0n) is 1.76. The second-order valence-electron chi connectivity index (χ2n) is 0. The molecular formula is BiGeO2. The molecule has 0 fully saturated rings. The molecule has 0 aromatic heterocycles. The number of hydrogen-bond donors (Lipinski definition) is 0. The first-order chi connectivity index (χ1) is 2.00. The van der Waals surface area contributed by atoms with Gasteiger partial charge in [-0.3, -0.25) is 0 Å². The molecule has 4 heavy (non-hydrogen) atoms. The van der Waals surface area contributed by atoms with Gasteiger partial charge in [0.15, 0.2) is 0 Å². The standard InChI is InChI=1S/Bi.GeO.O/c;1-2;. The summed E-state index contributed by atoms with van der Waals surface area (Å²) in [6.07, 6.45) is 0. The molecule has 21 valence electrons. The first-order valence-corrected chi connectivity index (χ1v) is 2.66. The molecule has 0 N–H and O–H groups in total. The van der Waals surface area contributed by atoms with Crippen LogP contribution >= 0.6 is 0 Å². The summed E-state index contributed by atoms with van der Waals surface area (Å²) >= 11 is 0.944. The van der Waals surface area contributed by atoms with Crippen molar-refractivity contribution in [1.29, 1.82) is 0 Å². The summed E-state index contributed by atoms with van der Waals surface area (Å²) in [7, 11) is 0. The zero-order chi connectivity index (χ0) is 4.00. The summed E-state index contributed by atoms with van der Waals surface area (Å²) in [6.45, 7) is 0. The Morgan fingerprint density at radius 3 is 1.25 bits per heavy atom. The van der Waals surface area contributed by atoms with Crippen molar-refractivity contribution in [2.75, 3.05) is 0 Å². The molecular weight excluding hydrogens is 314 g/mol. The average molecular weight is 314 g/mol. The summed E-state index contributed by atoms with van der Waals surface area (Å²) in [5.74, 6) is 0. The van der Waals surface area contributed by atoms with Gasteiger partial charge in [0.2, 0.25) is 0 Å². The second kappa shape index (κ2) is 35.0. The van der Waals surface area contributed by atoms with E-state index < -0.39 is 0 Å². The fourth-order valence-corrected chi connectivity index (χ4v) is 0. The van der Waals surface area contributed by atoms with E-state index in [4.69, 9.17) is 6.59 Å². The first kappa shape index (κ1) is 8.90.